The van der Waals surface area contributed by atoms with Crippen molar-refractivity contribution in [3.05, 3.63) is 35.6 Å². The smallest absolute Gasteiger partial charge is 0.245 e. The Morgan fingerprint density at radius 1 is 1.57 bits per heavy atom. The highest BCUT2D eigenvalue weighted by atomic mass is 19.1. The van der Waals surface area contributed by atoms with E-state index < -0.39 is 17.9 Å². The van der Waals surface area contributed by atoms with Crippen LogP contribution in [0.1, 0.15) is 12.5 Å². The predicted octanol–water partition coefficient (Wildman–Crippen LogP) is 0.775. The fraction of sp³-hybridized carbons (Fsp3) is 0.167. The quantitative estimate of drug-likeness (QED) is 0.566. The third kappa shape index (κ3) is 4.27. The average molecular weight is 292 g/mol. The molecule has 1 heterocycles. The lowest BCUT2D eigenvalue weighted by molar-refractivity contribution is 0.173. The fourth-order valence-electron chi connectivity index (χ4n) is 1.53. The number of urea groups is 2. The maximum atomic E-state index is 12.9. The summed E-state index contributed by atoms with van der Waals surface area (Å²) in [4.78, 5) is 22.9. The van der Waals surface area contributed by atoms with Crippen molar-refractivity contribution < 1.29 is 14.0 Å². The molecule has 0 unspecified atom stereocenters. The lowest BCUT2D eigenvalue weighted by Crippen LogP contribution is -2.55. The summed E-state index contributed by atoms with van der Waals surface area (Å²) in [5, 5.41) is 8.42. The van der Waals surface area contributed by atoms with Gasteiger partial charge in [-0.2, -0.15) is 10.2 Å². The number of rotatable bonds is 3. The van der Waals surface area contributed by atoms with Crippen LogP contribution in [0.4, 0.5) is 14.0 Å². The van der Waals surface area contributed by atoms with Crippen LogP contribution in [-0.2, 0) is 0 Å². The Bertz CT molecular complexity index is 616. The number of nitrogens with one attached hydrogen (secondary N) is 3. The summed E-state index contributed by atoms with van der Waals surface area (Å²) >= 11 is 0. The van der Waals surface area contributed by atoms with Crippen LogP contribution in [0.3, 0.4) is 0 Å². The summed E-state index contributed by atoms with van der Waals surface area (Å²) in [5.74, 6) is -0.400. The molecular formula is C12H13FN6O2. The molecule has 0 aromatic heterocycles. The molecule has 0 bridgehead atoms. The van der Waals surface area contributed by atoms with E-state index in [9.17, 15) is 14.0 Å². The molecule has 0 saturated heterocycles. The zero-order valence-corrected chi connectivity index (χ0v) is 11.1. The van der Waals surface area contributed by atoms with Crippen LogP contribution < -0.4 is 16.3 Å². The maximum absolute atomic E-state index is 12.9. The van der Waals surface area contributed by atoms with Gasteiger partial charge in [0.05, 0.1) is 18.5 Å². The molecule has 3 N–H and O–H groups in total. The SMILES string of the molecule is CC1=NNC(=O)N(NC(=O)N/N=C/c2cccc(F)c2)C1. The molecule has 1 aromatic rings. The molecule has 0 radical (unpaired) electrons. The number of carbonyl (C=O) groups excluding carboxylic acids is 2. The van der Waals surface area contributed by atoms with Gasteiger partial charge in [-0.1, -0.05) is 12.1 Å². The summed E-state index contributed by atoms with van der Waals surface area (Å²) in [6.45, 7) is 1.88. The second-order valence-electron chi connectivity index (χ2n) is 4.22. The van der Waals surface area contributed by atoms with Crippen molar-refractivity contribution in [1.82, 2.24) is 21.3 Å². The highest BCUT2D eigenvalue weighted by Gasteiger charge is 2.20. The first kappa shape index (κ1) is 14.4. The first-order valence-corrected chi connectivity index (χ1v) is 6.00. The third-order valence-corrected chi connectivity index (χ3v) is 2.44. The van der Waals surface area contributed by atoms with Gasteiger partial charge in [-0.05, 0) is 24.6 Å². The van der Waals surface area contributed by atoms with Crippen LogP contribution >= 0.6 is 0 Å². The highest BCUT2D eigenvalue weighted by molar-refractivity contribution is 5.92. The topological polar surface area (TPSA) is 98.2 Å². The summed E-state index contributed by atoms with van der Waals surface area (Å²) in [6, 6.07) is 4.47. The molecule has 0 aliphatic carbocycles. The Kier molecular flexibility index (Phi) is 4.44. The highest BCUT2D eigenvalue weighted by Crippen LogP contribution is 2.00. The molecule has 0 saturated carbocycles. The zero-order chi connectivity index (χ0) is 15.2. The second kappa shape index (κ2) is 6.46. The molecule has 1 aliphatic rings. The largest absolute Gasteiger partial charge is 0.356 e. The molecule has 4 amide bonds. The van der Waals surface area contributed by atoms with Gasteiger partial charge in [0.2, 0.25) is 0 Å². The van der Waals surface area contributed by atoms with Crippen LogP contribution in [0, 0.1) is 5.82 Å². The normalized spacial score (nSPS) is 14.7. The van der Waals surface area contributed by atoms with E-state index in [2.05, 4.69) is 26.5 Å². The van der Waals surface area contributed by atoms with E-state index in [0.717, 1.165) is 5.01 Å². The van der Waals surface area contributed by atoms with Gasteiger partial charge in [0.25, 0.3) is 0 Å². The molecule has 8 nitrogen and oxygen atoms in total. The minimum absolute atomic E-state index is 0.173. The molecular weight excluding hydrogens is 279 g/mol. The fourth-order valence-corrected chi connectivity index (χ4v) is 1.53. The van der Waals surface area contributed by atoms with E-state index in [0.29, 0.717) is 11.3 Å². The van der Waals surface area contributed by atoms with E-state index in [-0.39, 0.29) is 6.54 Å². The number of hydrazone groups is 2. The monoisotopic (exact) mass is 292 g/mol. The summed E-state index contributed by atoms with van der Waals surface area (Å²) in [6.07, 6.45) is 1.28. The van der Waals surface area contributed by atoms with Crippen molar-refractivity contribution in [1.29, 1.82) is 0 Å². The van der Waals surface area contributed by atoms with Crippen molar-refractivity contribution in [3.63, 3.8) is 0 Å². The molecule has 0 atom stereocenters. The number of hydrogen-bond donors (Lipinski definition) is 3. The van der Waals surface area contributed by atoms with Gasteiger partial charge < -0.3 is 0 Å². The number of hydrogen-bond acceptors (Lipinski definition) is 4. The molecule has 0 fully saturated rings. The summed E-state index contributed by atoms with van der Waals surface area (Å²) < 4.78 is 12.9. The van der Waals surface area contributed by atoms with Crippen molar-refractivity contribution in [2.24, 2.45) is 10.2 Å². The number of hydrazine groups is 1. The molecule has 0 spiro atoms. The molecule has 9 heteroatoms. The molecule has 1 aliphatic heterocycles. The van der Waals surface area contributed by atoms with Gasteiger partial charge in [0.15, 0.2) is 0 Å². The Balaban J connectivity index is 1.85. The van der Waals surface area contributed by atoms with Crippen LogP contribution in [0.15, 0.2) is 34.5 Å². The lowest BCUT2D eigenvalue weighted by atomic mass is 10.2. The number of benzene rings is 1. The van der Waals surface area contributed by atoms with Gasteiger partial charge in [-0.15, -0.1) is 0 Å². The van der Waals surface area contributed by atoms with Crippen molar-refractivity contribution >= 4 is 24.0 Å². The van der Waals surface area contributed by atoms with Gasteiger partial charge >= 0.3 is 12.1 Å². The van der Waals surface area contributed by atoms with Crippen LogP contribution in [-0.4, -0.2) is 35.5 Å². The Morgan fingerprint density at radius 2 is 2.38 bits per heavy atom. The third-order valence-electron chi connectivity index (χ3n) is 2.44. The average Bonchev–Trinajstić information content (AvgIpc) is 2.43. The van der Waals surface area contributed by atoms with E-state index in [1.807, 2.05) is 0 Å². The van der Waals surface area contributed by atoms with E-state index in [1.54, 1.807) is 13.0 Å². The summed E-state index contributed by atoms with van der Waals surface area (Å²) in [5.41, 5.74) is 7.83. The minimum Gasteiger partial charge on any atom is -0.245 e. The maximum Gasteiger partial charge on any atom is 0.356 e. The van der Waals surface area contributed by atoms with Gasteiger partial charge in [0.1, 0.15) is 5.82 Å². The predicted molar refractivity (Wildman–Crippen MR) is 74.0 cm³/mol. The Morgan fingerprint density at radius 3 is 3.14 bits per heavy atom. The summed E-state index contributed by atoms with van der Waals surface area (Å²) in [7, 11) is 0. The number of carbonyl (C=O) groups is 2. The van der Waals surface area contributed by atoms with E-state index in [4.69, 9.17) is 0 Å². The number of halogens is 1. The van der Waals surface area contributed by atoms with E-state index in [1.165, 1.54) is 24.4 Å². The second-order valence-corrected chi connectivity index (χ2v) is 4.22. The molecule has 21 heavy (non-hydrogen) atoms. The number of amides is 4. The van der Waals surface area contributed by atoms with Crippen LogP contribution in [0.2, 0.25) is 0 Å². The van der Waals surface area contributed by atoms with Crippen molar-refractivity contribution in [2.45, 2.75) is 6.92 Å². The van der Waals surface area contributed by atoms with Gasteiger partial charge in [-0.3, -0.25) is 0 Å². The molecule has 110 valence electrons. The molecule has 1 aromatic carbocycles. The van der Waals surface area contributed by atoms with Crippen molar-refractivity contribution in [3.8, 4) is 0 Å². The minimum atomic E-state index is -0.701. The molecule has 2 rings (SSSR count). The zero-order valence-electron chi connectivity index (χ0n) is 11.1. The Hall–Kier alpha value is -2.97. The van der Waals surface area contributed by atoms with Crippen LogP contribution in [0.25, 0.3) is 0 Å². The standard InChI is InChI=1S/C12H13FN6O2/c1-8-7-19(12(21)17-15-8)18-11(20)16-14-6-9-3-2-4-10(13)5-9/h2-6H,7H2,1H3,(H,17,21)(H2,16,18,20)/b14-6+. The first-order chi connectivity index (χ1) is 10.0. The lowest BCUT2D eigenvalue weighted by Gasteiger charge is -2.25. The number of nitrogens with zero attached hydrogens (tertiary/aromatic N) is 3. The Labute approximate surface area is 119 Å². The van der Waals surface area contributed by atoms with Crippen molar-refractivity contribution in [2.75, 3.05) is 6.54 Å². The van der Waals surface area contributed by atoms with Crippen LogP contribution in [0.5, 0.6) is 0 Å². The van der Waals surface area contributed by atoms with E-state index >= 15 is 0 Å². The first-order valence-electron chi connectivity index (χ1n) is 6.00. The van der Waals surface area contributed by atoms with Gasteiger partial charge in [-0.25, -0.2) is 35.3 Å². The van der Waals surface area contributed by atoms with Gasteiger partial charge in [0, 0.05) is 0 Å².